The SMILES string of the molecule is CC/C=C\C/C=C\C/C=C\C/C=C\C/C=C\C/C=C\CCCCC(=O)NC(COP(=O)([O-])OCC[N+](C)(C)C)C(O)/C=C/CCCCCCCCCCCCCCCCCCCCC. The summed E-state index contributed by atoms with van der Waals surface area (Å²) in [4.78, 5) is 25.4. The van der Waals surface area contributed by atoms with Gasteiger partial charge in [-0.15, -0.1) is 0 Å². The maximum atomic E-state index is 12.9. The van der Waals surface area contributed by atoms with E-state index in [4.69, 9.17) is 9.05 Å². The molecule has 2 N–H and O–H groups in total. The molecule has 3 unspecified atom stereocenters. The van der Waals surface area contributed by atoms with Gasteiger partial charge in [0.1, 0.15) is 13.2 Å². The van der Waals surface area contributed by atoms with Gasteiger partial charge in [-0.3, -0.25) is 9.36 Å². The summed E-state index contributed by atoms with van der Waals surface area (Å²) in [5.41, 5.74) is 0. The van der Waals surface area contributed by atoms with Crippen molar-refractivity contribution in [3.05, 3.63) is 85.1 Å². The van der Waals surface area contributed by atoms with Crippen LogP contribution in [0.4, 0.5) is 0 Å². The maximum absolute atomic E-state index is 12.9. The van der Waals surface area contributed by atoms with E-state index in [0.29, 0.717) is 17.4 Å². The van der Waals surface area contributed by atoms with Gasteiger partial charge >= 0.3 is 0 Å². The maximum Gasteiger partial charge on any atom is 0.268 e. The number of amides is 1. The molecule has 0 rings (SSSR count). The fraction of sp³-hybridized carbons (Fsp3) is 0.727. The standard InChI is InChI=1S/C55H99N2O6P/c1-6-8-10-12-14-16-18-20-22-24-26-28-30-32-34-36-38-40-42-44-46-48-54(58)53(52-63-64(60,61)62-51-50-57(3,4)5)56-55(59)49-47-45-43-41-39-37-35-33-31-29-27-25-23-21-19-17-15-13-11-9-7-2/h9,11,15,17,21,23,27,29,33,35,39,41,46,48,53-54,58H,6-8,10,12-14,16,18-20,22,24-26,28,30-32,34,36-38,40,42-45,47,49-52H2,1-5H3,(H-,56,59,60,61)/b11-9-,17-15-,23-21-,29-27-,35-33-,41-39-,48-46+. The smallest absolute Gasteiger partial charge is 0.268 e. The van der Waals surface area contributed by atoms with E-state index in [1.54, 1.807) is 6.08 Å². The molecule has 0 heterocycles. The first kappa shape index (κ1) is 61.7. The van der Waals surface area contributed by atoms with Crippen LogP contribution in [0.3, 0.4) is 0 Å². The zero-order chi connectivity index (χ0) is 47.1. The minimum atomic E-state index is -4.61. The molecule has 0 saturated heterocycles. The minimum Gasteiger partial charge on any atom is -0.756 e. The average molecular weight is 915 g/mol. The van der Waals surface area contributed by atoms with Crippen LogP contribution in [-0.4, -0.2) is 68.5 Å². The Bertz CT molecular complexity index is 1310. The van der Waals surface area contributed by atoms with Gasteiger partial charge in [0.05, 0.1) is 39.9 Å². The minimum absolute atomic E-state index is 0.0139. The fourth-order valence-electron chi connectivity index (χ4n) is 7.04. The normalized spacial score (nSPS) is 14.8. The molecule has 3 atom stereocenters. The molecule has 0 radical (unpaired) electrons. The van der Waals surface area contributed by atoms with Crippen LogP contribution < -0.4 is 10.2 Å². The Morgan fingerprint density at radius 1 is 0.562 bits per heavy atom. The second kappa shape index (κ2) is 45.8. The van der Waals surface area contributed by atoms with E-state index in [1.165, 1.54) is 109 Å². The molecule has 0 aliphatic carbocycles. The van der Waals surface area contributed by atoms with Crippen LogP contribution in [0, 0.1) is 0 Å². The van der Waals surface area contributed by atoms with Crippen LogP contribution in [0.2, 0.25) is 0 Å². The number of carbonyl (C=O) groups is 1. The summed E-state index contributed by atoms with van der Waals surface area (Å²) < 4.78 is 23.3. The number of hydrogen-bond donors (Lipinski definition) is 2. The number of rotatable bonds is 46. The zero-order valence-corrected chi connectivity index (χ0v) is 42.8. The van der Waals surface area contributed by atoms with E-state index in [9.17, 15) is 19.4 Å². The first-order valence-electron chi connectivity index (χ1n) is 25.9. The van der Waals surface area contributed by atoms with E-state index in [0.717, 1.165) is 70.6 Å². The van der Waals surface area contributed by atoms with Crippen molar-refractivity contribution in [2.45, 2.75) is 219 Å². The van der Waals surface area contributed by atoms with Crippen LogP contribution in [0.1, 0.15) is 206 Å². The lowest BCUT2D eigenvalue weighted by atomic mass is 10.0. The number of aliphatic hydroxyl groups excluding tert-OH is 1. The molecule has 9 heteroatoms. The molecule has 0 saturated carbocycles. The molecule has 0 spiro atoms. The molecule has 370 valence electrons. The van der Waals surface area contributed by atoms with Crippen molar-refractivity contribution in [2.75, 3.05) is 40.9 Å². The molecule has 0 aromatic carbocycles. The largest absolute Gasteiger partial charge is 0.756 e. The van der Waals surface area contributed by atoms with Gasteiger partial charge in [0, 0.05) is 6.42 Å². The third kappa shape index (κ3) is 47.6. The number of likely N-dealkylation sites (N-methyl/N-ethyl adjacent to an activating group) is 1. The first-order chi connectivity index (χ1) is 31.0. The Kier molecular flexibility index (Phi) is 44.2. The van der Waals surface area contributed by atoms with Crippen molar-refractivity contribution < 1.29 is 32.9 Å². The molecule has 1 amide bonds. The van der Waals surface area contributed by atoms with Gasteiger partial charge in [-0.05, 0) is 70.6 Å². The van der Waals surface area contributed by atoms with Crippen LogP contribution in [-0.2, 0) is 18.4 Å². The van der Waals surface area contributed by atoms with Crippen molar-refractivity contribution in [1.29, 1.82) is 0 Å². The van der Waals surface area contributed by atoms with Crippen molar-refractivity contribution in [2.24, 2.45) is 0 Å². The lowest BCUT2D eigenvalue weighted by Gasteiger charge is -2.29. The molecule has 0 bridgehead atoms. The van der Waals surface area contributed by atoms with Gasteiger partial charge in [-0.1, -0.05) is 214 Å². The molecule has 64 heavy (non-hydrogen) atoms. The number of allylic oxidation sites excluding steroid dienone is 13. The average Bonchev–Trinajstić information content (AvgIpc) is 3.25. The predicted molar refractivity (Wildman–Crippen MR) is 274 cm³/mol. The first-order valence-corrected chi connectivity index (χ1v) is 27.4. The van der Waals surface area contributed by atoms with E-state index in [-0.39, 0.29) is 18.9 Å². The van der Waals surface area contributed by atoms with Crippen LogP contribution in [0.5, 0.6) is 0 Å². The van der Waals surface area contributed by atoms with Gasteiger partial charge in [-0.25, -0.2) is 0 Å². The van der Waals surface area contributed by atoms with Crippen molar-refractivity contribution in [1.82, 2.24) is 5.32 Å². The summed E-state index contributed by atoms with van der Waals surface area (Å²) in [7, 11) is 1.22. The fourth-order valence-corrected chi connectivity index (χ4v) is 7.76. The van der Waals surface area contributed by atoms with Gasteiger partial charge in [0.25, 0.3) is 7.82 Å². The summed E-state index contributed by atoms with van der Waals surface area (Å²) >= 11 is 0. The number of nitrogens with zero attached hydrogens (tertiary/aromatic N) is 1. The van der Waals surface area contributed by atoms with Gasteiger partial charge in [0.15, 0.2) is 0 Å². The van der Waals surface area contributed by atoms with E-state index in [2.05, 4.69) is 92.1 Å². The Hall–Kier alpha value is -2.32. The van der Waals surface area contributed by atoms with Crippen molar-refractivity contribution >= 4 is 13.7 Å². The Morgan fingerprint density at radius 3 is 1.39 bits per heavy atom. The van der Waals surface area contributed by atoms with Crippen molar-refractivity contribution in [3.63, 3.8) is 0 Å². The highest BCUT2D eigenvalue weighted by Crippen LogP contribution is 2.38. The van der Waals surface area contributed by atoms with E-state index < -0.39 is 26.6 Å². The molecular weight excluding hydrogens is 816 g/mol. The summed E-state index contributed by atoms with van der Waals surface area (Å²) in [5.74, 6) is -0.241. The topological polar surface area (TPSA) is 108 Å². The number of carbonyl (C=O) groups excluding carboxylic acids is 1. The lowest BCUT2D eigenvalue weighted by molar-refractivity contribution is -0.870. The molecular formula is C55H99N2O6P. The summed E-state index contributed by atoms with van der Waals surface area (Å²) in [6.07, 6.45) is 63.6. The number of aliphatic hydroxyl groups is 1. The van der Waals surface area contributed by atoms with Crippen LogP contribution in [0.15, 0.2) is 85.1 Å². The Morgan fingerprint density at radius 2 is 0.953 bits per heavy atom. The Labute approximate surface area is 395 Å². The quantitative estimate of drug-likeness (QED) is 0.0273. The third-order valence-electron chi connectivity index (χ3n) is 11.1. The monoisotopic (exact) mass is 915 g/mol. The van der Waals surface area contributed by atoms with Gasteiger partial charge in [0.2, 0.25) is 5.91 Å². The Balaban J connectivity index is 4.42. The molecule has 8 nitrogen and oxygen atoms in total. The van der Waals surface area contributed by atoms with E-state index >= 15 is 0 Å². The number of nitrogens with one attached hydrogen (secondary N) is 1. The lowest BCUT2D eigenvalue weighted by Crippen LogP contribution is -2.45. The molecule has 0 aliphatic rings. The molecule has 0 aliphatic heterocycles. The number of quaternary nitrogens is 1. The zero-order valence-electron chi connectivity index (χ0n) is 42.0. The number of phosphoric ester groups is 1. The van der Waals surface area contributed by atoms with Crippen LogP contribution in [0.25, 0.3) is 0 Å². The summed E-state index contributed by atoms with van der Waals surface area (Å²) in [6, 6.07) is -0.915. The van der Waals surface area contributed by atoms with E-state index in [1.807, 2.05) is 27.2 Å². The number of hydrogen-bond acceptors (Lipinski definition) is 6. The third-order valence-corrected chi connectivity index (χ3v) is 12.1. The molecule has 0 aromatic rings. The number of unbranched alkanes of at least 4 members (excludes halogenated alkanes) is 21. The van der Waals surface area contributed by atoms with Crippen molar-refractivity contribution in [3.8, 4) is 0 Å². The molecule has 0 aromatic heterocycles. The highest BCUT2D eigenvalue weighted by molar-refractivity contribution is 7.45. The summed E-state index contributed by atoms with van der Waals surface area (Å²) in [5, 5.41) is 13.8. The number of phosphoric acid groups is 1. The summed E-state index contributed by atoms with van der Waals surface area (Å²) in [6.45, 7) is 4.50. The van der Waals surface area contributed by atoms with Gasteiger partial charge in [-0.2, -0.15) is 0 Å². The highest BCUT2D eigenvalue weighted by Gasteiger charge is 2.23. The second-order valence-corrected chi connectivity index (χ2v) is 19.9. The molecule has 0 fully saturated rings. The highest BCUT2D eigenvalue weighted by atomic mass is 31.2. The van der Waals surface area contributed by atoms with Crippen LogP contribution >= 0.6 is 7.82 Å². The van der Waals surface area contributed by atoms with Gasteiger partial charge < -0.3 is 28.8 Å². The predicted octanol–water partition coefficient (Wildman–Crippen LogP) is 14.7. The second-order valence-electron chi connectivity index (χ2n) is 18.5.